The highest BCUT2D eigenvalue weighted by Crippen LogP contribution is 2.41. The predicted molar refractivity (Wildman–Crippen MR) is 108 cm³/mol. The molecule has 1 heterocycles. The molecule has 0 bridgehead atoms. The van der Waals surface area contributed by atoms with Gasteiger partial charge in [-0.1, -0.05) is 25.0 Å². The lowest BCUT2D eigenvalue weighted by Gasteiger charge is -2.27. The quantitative estimate of drug-likeness (QED) is 0.697. The normalized spacial score (nSPS) is 18.9. The average Bonchev–Trinajstić information content (AvgIpc) is 3.03. The number of ether oxygens (including phenoxy) is 1. The van der Waals surface area contributed by atoms with E-state index in [1.165, 1.54) is 30.6 Å². The van der Waals surface area contributed by atoms with Crippen LogP contribution >= 0.6 is 11.3 Å². The minimum absolute atomic E-state index is 0.192. The summed E-state index contributed by atoms with van der Waals surface area (Å²) in [4.78, 5) is 37.7. The van der Waals surface area contributed by atoms with Gasteiger partial charge in [0.15, 0.2) is 0 Å². The van der Waals surface area contributed by atoms with Crippen LogP contribution in [0.2, 0.25) is 0 Å². The summed E-state index contributed by atoms with van der Waals surface area (Å²) in [5, 5.41) is 12.5. The summed E-state index contributed by atoms with van der Waals surface area (Å²) in [6.45, 7) is 1.80. The zero-order chi connectivity index (χ0) is 21.1. The number of aliphatic carboxylic acids is 1. The molecule has 154 valence electrons. The standard InChI is InChI=1S/C21H22FNO5S/c1-11-16(12-7-9-13(22)10-8-12)17(21(27)28-2)19(29-11)23-18(24)14-5-3-4-6-15(14)20(25)26/h7-10,14-15H,3-6H2,1-2H3,(H,23,24)(H,25,26). The van der Waals surface area contributed by atoms with Crippen molar-refractivity contribution in [3.05, 3.63) is 40.5 Å². The number of carbonyl (C=O) groups is 3. The number of halogens is 1. The first-order valence-corrected chi connectivity index (χ1v) is 10.2. The Balaban J connectivity index is 1.98. The maximum Gasteiger partial charge on any atom is 0.341 e. The molecule has 2 atom stereocenters. The van der Waals surface area contributed by atoms with Gasteiger partial charge in [0.2, 0.25) is 5.91 Å². The number of anilines is 1. The van der Waals surface area contributed by atoms with Crippen molar-refractivity contribution in [2.45, 2.75) is 32.6 Å². The molecule has 0 saturated heterocycles. The van der Waals surface area contributed by atoms with E-state index in [0.717, 1.165) is 17.7 Å². The summed E-state index contributed by atoms with van der Waals surface area (Å²) in [7, 11) is 1.25. The molecule has 0 aliphatic heterocycles. The minimum Gasteiger partial charge on any atom is -0.481 e. The highest BCUT2D eigenvalue weighted by molar-refractivity contribution is 7.17. The number of aryl methyl sites for hydroxylation is 1. The van der Waals surface area contributed by atoms with Crippen LogP contribution in [0.3, 0.4) is 0 Å². The molecule has 2 N–H and O–H groups in total. The summed E-state index contributed by atoms with van der Waals surface area (Å²) in [5.74, 6) is -3.79. The molecule has 1 saturated carbocycles. The molecule has 2 aromatic rings. The number of carbonyl (C=O) groups excluding carboxylic acids is 2. The van der Waals surface area contributed by atoms with Gasteiger partial charge in [-0.05, 0) is 37.5 Å². The Morgan fingerprint density at radius 3 is 2.34 bits per heavy atom. The number of carboxylic acids is 1. The lowest BCUT2D eigenvalue weighted by Crippen LogP contribution is -2.36. The number of hydrogen-bond donors (Lipinski definition) is 2. The zero-order valence-electron chi connectivity index (χ0n) is 16.2. The molecule has 1 aliphatic rings. The Morgan fingerprint density at radius 2 is 1.76 bits per heavy atom. The first-order valence-electron chi connectivity index (χ1n) is 9.34. The Hall–Kier alpha value is -2.74. The van der Waals surface area contributed by atoms with Gasteiger partial charge in [-0.25, -0.2) is 9.18 Å². The number of hydrogen-bond acceptors (Lipinski definition) is 5. The monoisotopic (exact) mass is 419 g/mol. The van der Waals surface area contributed by atoms with Crippen molar-refractivity contribution in [2.24, 2.45) is 11.8 Å². The second-order valence-corrected chi connectivity index (χ2v) is 8.29. The van der Waals surface area contributed by atoms with Crippen LogP contribution in [0.4, 0.5) is 9.39 Å². The molecule has 6 nitrogen and oxygen atoms in total. The number of carboxylic acid groups (broad SMARTS) is 1. The van der Waals surface area contributed by atoms with Gasteiger partial charge >= 0.3 is 11.9 Å². The fraction of sp³-hybridized carbons (Fsp3) is 0.381. The molecular weight excluding hydrogens is 397 g/mol. The van der Waals surface area contributed by atoms with Crippen molar-refractivity contribution < 1.29 is 28.6 Å². The van der Waals surface area contributed by atoms with Gasteiger partial charge in [0, 0.05) is 10.4 Å². The van der Waals surface area contributed by atoms with Gasteiger partial charge in [0.1, 0.15) is 16.4 Å². The number of amides is 1. The molecule has 1 aliphatic carbocycles. The van der Waals surface area contributed by atoms with Crippen molar-refractivity contribution in [1.82, 2.24) is 0 Å². The molecule has 1 fully saturated rings. The van der Waals surface area contributed by atoms with E-state index in [9.17, 15) is 23.9 Å². The van der Waals surface area contributed by atoms with Crippen LogP contribution in [0.25, 0.3) is 11.1 Å². The van der Waals surface area contributed by atoms with Gasteiger partial charge in [-0.2, -0.15) is 0 Å². The third-order valence-corrected chi connectivity index (χ3v) is 6.28. The average molecular weight is 419 g/mol. The Kier molecular flexibility index (Phi) is 6.32. The van der Waals surface area contributed by atoms with Crippen molar-refractivity contribution in [2.75, 3.05) is 12.4 Å². The minimum atomic E-state index is -0.979. The number of methoxy groups -OCH3 is 1. The van der Waals surface area contributed by atoms with Gasteiger partial charge in [0.05, 0.1) is 18.9 Å². The van der Waals surface area contributed by atoms with Crippen LogP contribution in [0.15, 0.2) is 24.3 Å². The van der Waals surface area contributed by atoms with Crippen molar-refractivity contribution in [3.63, 3.8) is 0 Å². The van der Waals surface area contributed by atoms with Gasteiger partial charge < -0.3 is 15.2 Å². The third kappa shape index (κ3) is 4.32. The third-order valence-electron chi connectivity index (χ3n) is 5.26. The van der Waals surface area contributed by atoms with Crippen LogP contribution < -0.4 is 5.32 Å². The summed E-state index contributed by atoms with van der Waals surface area (Å²) in [5.41, 5.74) is 1.38. The summed E-state index contributed by atoms with van der Waals surface area (Å²) < 4.78 is 18.2. The predicted octanol–water partition coefficient (Wildman–Crippen LogP) is 4.48. The van der Waals surface area contributed by atoms with E-state index in [-0.39, 0.29) is 5.56 Å². The molecular formula is C21H22FNO5S. The fourth-order valence-electron chi connectivity index (χ4n) is 3.84. The second-order valence-electron chi connectivity index (χ2n) is 7.06. The van der Waals surface area contributed by atoms with Crippen LogP contribution in [-0.4, -0.2) is 30.1 Å². The molecule has 1 amide bonds. The maximum atomic E-state index is 13.3. The SMILES string of the molecule is COC(=O)c1c(NC(=O)C2CCCCC2C(=O)O)sc(C)c1-c1ccc(F)cc1. The topological polar surface area (TPSA) is 92.7 Å². The van der Waals surface area contributed by atoms with Crippen LogP contribution in [0.5, 0.6) is 0 Å². The van der Waals surface area contributed by atoms with Crippen LogP contribution in [-0.2, 0) is 14.3 Å². The molecule has 0 spiro atoms. The first-order chi connectivity index (χ1) is 13.8. The number of thiophene rings is 1. The lowest BCUT2D eigenvalue weighted by atomic mass is 9.78. The lowest BCUT2D eigenvalue weighted by molar-refractivity contribution is -0.147. The molecule has 29 heavy (non-hydrogen) atoms. The Bertz CT molecular complexity index is 937. The zero-order valence-corrected chi connectivity index (χ0v) is 17.0. The van der Waals surface area contributed by atoms with E-state index in [4.69, 9.17) is 4.74 Å². The van der Waals surface area contributed by atoms with E-state index in [2.05, 4.69) is 5.32 Å². The summed E-state index contributed by atoms with van der Waals surface area (Å²) >= 11 is 1.21. The largest absolute Gasteiger partial charge is 0.481 e. The van der Waals surface area contributed by atoms with E-state index < -0.39 is 35.5 Å². The van der Waals surface area contributed by atoms with Crippen LogP contribution in [0.1, 0.15) is 40.9 Å². The molecule has 1 aromatic heterocycles. The summed E-state index contributed by atoms with van der Waals surface area (Å²) in [6, 6.07) is 5.71. The Labute approximate surface area is 171 Å². The van der Waals surface area contributed by atoms with E-state index in [0.29, 0.717) is 29.0 Å². The second kappa shape index (κ2) is 8.73. The smallest absolute Gasteiger partial charge is 0.341 e. The van der Waals surface area contributed by atoms with Crippen molar-refractivity contribution in [1.29, 1.82) is 0 Å². The fourth-order valence-corrected chi connectivity index (χ4v) is 4.91. The number of benzene rings is 1. The number of rotatable bonds is 5. The van der Waals surface area contributed by atoms with Gasteiger partial charge in [-0.15, -0.1) is 11.3 Å². The maximum absolute atomic E-state index is 13.3. The molecule has 8 heteroatoms. The van der Waals surface area contributed by atoms with Gasteiger partial charge in [0.25, 0.3) is 0 Å². The van der Waals surface area contributed by atoms with Gasteiger partial charge in [-0.3, -0.25) is 9.59 Å². The van der Waals surface area contributed by atoms with E-state index in [1.54, 1.807) is 19.1 Å². The van der Waals surface area contributed by atoms with E-state index in [1.807, 2.05) is 0 Å². The highest BCUT2D eigenvalue weighted by Gasteiger charge is 2.36. The summed E-state index contributed by atoms with van der Waals surface area (Å²) in [6.07, 6.45) is 2.52. The Morgan fingerprint density at radius 1 is 1.14 bits per heavy atom. The molecule has 2 unspecified atom stereocenters. The molecule has 1 aromatic carbocycles. The highest BCUT2D eigenvalue weighted by atomic mass is 32.1. The molecule has 0 radical (unpaired) electrons. The molecule has 3 rings (SSSR count). The van der Waals surface area contributed by atoms with Crippen LogP contribution in [0, 0.1) is 24.6 Å². The van der Waals surface area contributed by atoms with Crippen molar-refractivity contribution >= 4 is 34.2 Å². The first kappa shape index (κ1) is 21.0. The van der Waals surface area contributed by atoms with E-state index >= 15 is 0 Å². The number of esters is 1. The number of nitrogens with one attached hydrogen (secondary N) is 1. The van der Waals surface area contributed by atoms with Crippen molar-refractivity contribution in [3.8, 4) is 11.1 Å².